The molecule has 0 aromatic heterocycles. The van der Waals surface area contributed by atoms with Crippen molar-refractivity contribution < 1.29 is 14.3 Å². The van der Waals surface area contributed by atoms with Gasteiger partial charge in [-0.15, -0.1) is 0 Å². The lowest BCUT2D eigenvalue weighted by Crippen LogP contribution is -1.97. The lowest BCUT2D eigenvalue weighted by molar-refractivity contribution is 0.0924. The van der Waals surface area contributed by atoms with Gasteiger partial charge in [0.1, 0.15) is 0 Å². The van der Waals surface area contributed by atoms with Gasteiger partial charge in [0.25, 0.3) is 0 Å². The van der Waals surface area contributed by atoms with Crippen LogP contribution >= 0.6 is 0 Å². The van der Waals surface area contributed by atoms with Crippen LogP contribution in [0.15, 0.2) is 72.8 Å². The summed E-state index contributed by atoms with van der Waals surface area (Å²) in [6, 6.07) is 24.0. The van der Waals surface area contributed by atoms with Crippen LogP contribution in [0.2, 0.25) is 0 Å². The summed E-state index contributed by atoms with van der Waals surface area (Å²) in [5.74, 6) is 0. The third-order valence-electron chi connectivity index (χ3n) is 1.67. The van der Waals surface area contributed by atoms with Gasteiger partial charge in [-0.25, -0.2) is 4.79 Å². The highest BCUT2D eigenvalue weighted by Crippen LogP contribution is 1.80. The molecule has 0 atom stereocenters. The second-order valence-corrected chi connectivity index (χ2v) is 3.67. The van der Waals surface area contributed by atoms with Crippen LogP contribution in [-0.2, 0) is 9.47 Å². The number of rotatable bonds is 0. The van der Waals surface area contributed by atoms with E-state index in [1.807, 2.05) is 114 Å². The Bertz CT molecular complexity index is 298. The minimum atomic E-state index is -0.657. The fourth-order valence-corrected chi connectivity index (χ4v) is 0.853. The Morgan fingerprint density at radius 3 is 0.679 bits per heavy atom. The summed E-state index contributed by atoms with van der Waals surface area (Å²) >= 11 is 0. The predicted molar refractivity (Wildman–Crippen MR) is 129 cm³/mol. The first-order valence-corrected chi connectivity index (χ1v) is 9.84. The van der Waals surface area contributed by atoms with E-state index in [1.165, 1.54) is 20.6 Å². The maximum Gasteiger partial charge on any atom is 0.507 e. The van der Waals surface area contributed by atoms with Crippen molar-refractivity contribution in [2.75, 3.05) is 14.2 Å². The first-order valence-electron chi connectivity index (χ1n) is 9.84. The molecule has 0 saturated heterocycles. The van der Waals surface area contributed by atoms with E-state index in [1.54, 1.807) is 0 Å². The van der Waals surface area contributed by atoms with E-state index in [0.29, 0.717) is 0 Å². The van der Waals surface area contributed by atoms with Gasteiger partial charge in [-0.05, 0) is 0 Å². The zero-order valence-corrected chi connectivity index (χ0v) is 19.4. The molecule has 2 aromatic rings. The van der Waals surface area contributed by atoms with Gasteiger partial charge in [0.2, 0.25) is 0 Å². The number of carbonyl (C=O) groups is 1. The molecule has 0 N–H and O–H groups in total. The molecule has 0 bridgehead atoms. The Kier molecular flexibility index (Phi) is 81.2. The normalized spacial score (nSPS) is 6.21. The highest BCUT2D eigenvalue weighted by Gasteiger charge is 1.88. The standard InChI is InChI=1S/2C6H6.C3H6O3.C3H8.3C2H6.CH4/c2*1-2-4-6-5-3-1;1-5-3(4)6-2;1-3-2;3*1-2;/h2*1-6H;1-2H3;3H2,1-2H3;3*1-2H3;1H4. The third kappa shape index (κ3) is 65.1. The van der Waals surface area contributed by atoms with Gasteiger partial charge in [-0.3, -0.25) is 0 Å². The maximum atomic E-state index is 9.74. The Balaban J connectivity index is -0.0000000532. The molecule has 0 unspecified atom stereocenters. The van der Waals surface area contributed by atoms with E-state index >= 15 is 0 Å². The van der Waals surface area contributed by atoms with E-state index in [-0.39, 0.29) is 7.43 Å². The second-order valence-electron chi connectivity index (χ2n) is 3.67. The molecule has 0 amide bonds. The van der Waals surface area contributed by atoms with Crippen molar-refractivity contribution in [1.82, 2.24) is 0 Å². The van der Waals surface area contributed by atoms with Crippen LogP contribution in [0, 0.1) is 0 Å². The molecule has 0 aliphatic heterocycles. The van der Waals surface area contributed by atoms with E-state index in [0.717, 1.165) is 0 Å². The molecule has 166 valence electrons. The van der Waals surface area contributed by atoms with Gasteiger partial charge in [-0.2, -0.15) is 0 Å². The average Bonchev–Trinajstić information content (AvgIpc) is 2.81. The van der Waals surface area contributed by atoms with Crippen LogP contribution in [0.3, 0.4) is 0 Å². The third-order valence-corrected chi connectivity index (χ3v) is 1.67. The number of methoxy groups -OCH3 is 2. The van der Waals surface area contributed by atoms with Crippen molar-refractivity contribution in [1.29, 1.82) is 0 Å². The van der Waals surface area contributed by atoms with Gasteiger partial charge in [0, 0.05) is 0 Å². The van der Waals surface area contributed by atoms with Crippen molar-refractivity contribution in [3.8, 4) is 0 Å². The van der Waals surface area contributed by atoms with Crippen molar-refractivity contribution in [2.24, 2.45) is 0 Å². The van der Waals surface area contributed by atoms with Gasteiger partial charge in [-0.1, -0.05) is 142 Å². The number of ether oxygens (including phenoxy) is 2. The SMILES string of the molecule is C.CC.CC.CC.CCC.COC(=O)OC.c1ccccc1.c1ccccc1. The topological polar surface area (TPSA) is 35.5 Å². The van der Waals surface area contributed by atoms with Crippen LogP contribution in [0.4, 0.5) is 4.79 Å². The minimum absolute atomic E-state index is 0. The Hall–Kier alpha value is -2.29. The number of hydrogen-bond acceptors (Lipinski definition) is 3. The molecule has 0 aliphatic rings. The summed E-state index contributed by atoms with van der Waals surface area (Å²) in [6.45, 7) is 16.2. The van der Waals surface area contributed by atoms with E-state index in [9.17, 15) is 4.79 Å². The number of hydrogen-bond donors (Lipinski definition) is 0. The highest BCUT2D eigenvalue weighted by atomic mass is 16.7. The van der Waals surface area contributed by atoms with E-state index in [4.69, 9.17) is 0 Å². The maximum absolute atomic E-state index is 9.74. The van der Waals surface area contributed by atoms with Crippen molar-refractivity contribution in [3.63, 3.8) is 0 Å². The summed E-state index contributed by atoms with van der Waals surface area (Å²) in [7, 11) is 2.51. The molecule has 0 saturated carbocycles. The van der Waals surface area contributed by atoms with E-state index in [2.05, 4.69) is 23.3 Å². The molecular weight excluding hydrogens is 348 g/mol. The van der Waals surface area contributed by atoms with Gasteiger partial charge in [0.05, 0.1) is 14.2 Å². The van der Waals surface area contributed by atoms with Crippen molar-refractivity contribution in [2.45, 2.75) is 69.2 Å². The van der Waals surface area contributed by atoms with Gasteiger partial charge < -0.3 is 9.47 Å². The summed E-state index contributed by atoms with van der Waals surface area (Å²) < 4.78 is 8.08. The predicted octanol–water partition coefficient (Wildman–Crippen LogP) is 8.90. The summed E-state index contributed by atoms with van der Waals surface area (Å²) in [5.41, 5.74) is 0. The fraction of sp³-hybridized carbons (Fsp3) is 0.480. The van der Waals surface area contributed by atoms with Crippen molar-refractivity contribution in [3.05, 3.63) is 72.8 Å². The molecule has 0 heterocycles. The van der Waals surface area contributed by atoms with Crippen LogP contribution in [0.1, 0.15) is 69.2 Å². The molecule has 3 heteroatoms. The monoisotopic (exact) mass is 396 g/mol. The van der Waals surface area contributed by atoms with E-state index < -0.39 is 6.16 Å². The molecule has 0 spiro atoms. The number of benzene rings is 2. The minimum Gasteiger partial charge on any atom is -0.438 e. The van der Waals surface area contributed by atoms with Crippen LogP contribution in [0.5, 0.6) is 0 Å². The lowest BCUT2D eigenvalue weighted by Gasteiger charge is -1.89. The van der Waals surface area contributed by atoms with Crippen LogP contribution < -0.4 is 0 Å². The molecule has 28 heavy (non-hydrogen) atoms. The Morgan fingerprint density at radius 2 is 0.643 bits per heavy atom. The Morgan fingerprint density at radius 1 is 0.536 bits per heavy atom. The zero-order chi connectivity index (χ0) is 22.2. The summed E-state index contributed by atoms with van der Waals surface area (Å²) in [5, 5.41) is 0. The molecule has 0 fully saturated rings. The second kappa shape index (κ2) is 56.3. The summed E-state index contributed by atoms with van der Waals surface area (Å²) in [6.07, 6.45) is 0.593. The van der Waals surface area contributed by atoms with Gasteiger partial charge >= 0.3 is 6.16 Å². The number of carbonyl (C=O) groups excluding carboxylic acids is 1. The quantitative estimate of drug-likeness (QED) is 0.417. The molecule has 0 radical (unpaired) electrons. The largest absolute Gasteiger partial charge is 0.507 e. The Labute approximate surface area is 177 Å². The molecule has 2 aromatic carbocycles. The van der Waals surface area contributed by atoms with Gasteiger partial charge in [0.15, 0.2) is 0 Å². The van der Waals surface area contributed by atoms with Crippen molar-refractivity contribution >= 4 is 6.16 Å². The average molecular weight is 397 g/mol. The highest BCUT2D eigenvalue weighted by molar-refractivity contribution is 5.59. The fourth-order valence-electron chi connectivity index (χ4n) is 0.853. The molecule has 3 nitrogen and oxygen atoms in total. The first-order chi connectivity index (χ1) is 13.2. The zero-order valence-electron chi connectivity index (χ0n) is 19.4. The smallest absolute Gasteiger partial charge is 0.438 e. The molecular formula is C25H48O3. The summed E-state index contributed by atoms with van der Waals surface area (Å²) in [4.78, 5) is 9.74. The van der Waals surface area contributed by atoms with Crippen LogP contribution in [-0.4, -0.2) is 20.4 Å². The molecule has 0 aliphatic carbocycles. The van der Waals surface area contributed by atoms with Crippen LogP contribution in [0.25, 0.3) is 0 Å². The first kappa shape index (κ1) is 40.4. The molecule has 2 rings (SSSR count). The lowest BCUT2D eigenvalue weighted by atomic mass is 10.4.